The summed E-state index contributed by atoms with van der Waals surface area (Å²) in [7, 11) is 0. The number of halogens is 1. The fourth-order valence-electron chi connectivity index (χ4n) is 3.84. The van der Waals surface area contributed by atoms with Crippen LogP contribution >= 0.6 is 15.9 Å². The van der Waals surface area contributed by atoms with Gasteiger partial charge in [0, 0.05) is 72.6 Å². The maximum Gasteiger partial charge on any atom is 0.160 e. The molecule has 6 rings (SSSR count). The first-order chi connectivity index (χ1) is 14.8. The van der Waals surface area contributed by atoms with Crippen molar-refractivity contribution in [3.8, 4) is 11.4 Å². The average Bonchev–Trinajstić information content (AvgIpc) is 3.58. The van der Waals surface area contributed by atoms with Gasteiger partial charge >= 0.3 is 0 Å². The molecule has 154 valence electrons. The monoisotopic (exact) mass is 465 g/mol. The van der Waals surface area contributed by atoms with E-state index in [0.29, 0.717) is 11.7 Å². The first kappa shape index (κ1) is 19.5. The zero-order valence-corrected chi connectivity index (χ0v) is 18.2. The lowest BCUT2D eigenvalue weighted by atomic mass is 10.1. The molecule has 7 nitrogen and oxygen atoms in total. The lowest BCUT2D eigenvalue weighted by Crippen LogP contribution is -2.39. The van der Waals surface area contributed by atoms with Crippen LogP contribution in [0.1, 0.15) is 29.9 Å². The van der Waals surface area contributed by atoms with E-state index < -0.39 is 0 Å². The third-order valence-electron chi connectivity index (χ3n) is 5.55. The fraction of sp³-hybridized carbons (Fsp3) is 0.364. The summed E-state index contributed by atoms with van der Waals surface area (Å²) in [6, 6.07) is 1.97. The van der Waals surface area contributed by atoms with E-state index in [1.807, 2.05) is 30.9 Å². The highest BCUT2D eigenvalue weighted by atomic mass is 79.9. The van der Waals surface area contributed by atoms with Crippen molar-refractivity contribution in [2.45, 2.75) is 24.1 Å². The van der Waals surface area contributed by atoms with Crippen LogP contribution in [-0.2, 0) is 5.33 Å². The van der Waals surface area contributed by atoms with Gasteiger partial charge in [0.05, 0.1) is 11.7 Å². The summed E-state index contributed by atoms with van der Waals surface area (Å²) in [5.74, 6) is 1.35. The Bertz CT molecular complexity index is 1150. The van der Waals surface area contributed by atoms with Crippen LogP contribution < -0.4 is 10.6 Å². The van der Waals surface area contributed by atoms with E-state index in [9.17, 15) is 0 Å². The molecule has 0 atom stereocenters. The van der Waals surface area contributed by atoms with E-state index in [-0.39, 0.29) is 0 Å². The van der Waals surface area contributed by atoms with Crippen molar-refractivity contribution in [3.05, 3.63) is 48.2 Å². The average molecular weight is 466 g/mol. The Morgan fingerprint density at radius 3 is 2.50 bits per heavy atom. The second kappa shape index (κ2) is 8.75. The minimum Gasteiger partial charge on any atom is -0.346 e. The molecule has 0 radical (unpaired) electrons. The number of aromatic amines is 1. The van der Waals surface area contributed by atoms with Crippen LogP contribution in [0.5, 0.6) is 0 Å². The first-order valence-electron chi connectivity index (χ1n) is 10.4. The summed E-state index contributed by atoms with van der Waals surface area (Å²) in [5.41, 5.74) is 5.19. The van der Waals surface area contributed by atoms with E-state index in [2.05, 4.69) is 46.5 Å². The summed E-state index contributed by atoms with van der Waals surface area (Å²) < 4.78 is 0. The van der Waals surface area contributed by atoms with E-state index in [1.165, 1.54) is 18.4 Å². The second-order valence-corrected chi connectivity index (χ2v) is 8.22. The van der Waals surface area contributed by atoms with E-state index >= 15 is 0 Å². The van der Waals surface area contributed by atoms with Gasteiger partial charge in [0.2, 0.25) is 0 Å². The van der Waals surface area contributed by atoms with Gasteiger partial charge in [0.1, 0.15) is 5.65 Å². The number of piperazine rings is 1. The molecule has 5 heterocycles. The number of pyridine rings is 2. The van der Waals surface area contributed by atoms with Crippen molar-refractivity contribution in [2.24, 2.45) is 0 Å². The minimum absolute atomic E-state index is 0.632. The Labute approximate surface area is 183 Å². The molecule has 30 heavy (non-hydrogen) atoms. The standard InChI is InChI=1S/C18H14BrN5.C4H10N2/c19-5-11-6-22-18-16(11)12(3-4-21-18)17-23-8-14-13(10-1-2-10)7-20-9-15(14)24-17;1-2-6-4-3-5-1/h3-4,6-10H,1-2,5H2,(H,21,22);5-6H,1-4H2. The lowest BCUT2D eigenvalue weighted by Gasteiger charge is -2.11. The smallest absolute Gasteiger partial charge is 0.160 e. The lowest BCUT2D eigenvalue weighted by molar-refractivity contribution is 0.534. The van der Waals surface area contributed by atoms with E-state index in [4.69, 9.17) is 4.98 Å². The highest BCUT2D eigenvalue weighted by molar-refractivity contribution is 9.08. The molecule has 4 aromatic heterocycles. The Morgan fingerprint density at radius 2 is 1.80 bits per heavy atom. The molecule has 0 bridgehead atoms. The minimum atomic E-state index is 0.632. The zero-order valence-electron chi connectivity index (χ0n) is 16.7. The zero-order chi connectivity index (χ0) is 20.3. The highest BCUT2D eigenvalue weighted by Gasteiger charge is 2.26. The fourth-order valence-corrected chi connectivity index (χ4v) is 4.28. The van der Waals surface area contributed by atoms with Gasteiger partial charge in [-0.15, -0.1) is 0 Å². The number of aromatic nitrogens is 5. The van der Waals surface area contributed by atoms with Gasteiger partial charge in [-0.3, -0.25) is 4.98 Å². The van der Waals surface area contributed by atoms with Gasteiger partial charge in [-0.25, -0.2) is 15.0 Å². The normalized spacial score (nSPS) is 16.4. The molecule has 8 heteroatoms. The molecule has 0 unspecified atom stereocenters. The van der Waals surface area contributed by atoms with Crippen molar-refractivity contribution in [1.29, 1.82) is 0 Å². The Kier molecular flexibility index (Phi) is 5.70. The van der Waals surface area contributed by atoms with Gasteiger partial charge in [-0.2, -0.15) is 0 Å². The predicted octanol–water partition coefficient (Wildman–Crippen LogP) is 3.52. The molecule has 0 spiro atoms. The van der Waals surface area contributed by atoms with Crippen molar-refractivity contribution in [2.75, 3.05) is 26.2 Å². The van der Waals surface area contributed by atoms with Crippen LogP contribution in [-0.4, -0.2) is 51.1 Å². The summed E-state index contributed by atoms with van der Waals surface area (Å²) in [6.45, 7) is 4.56. The number of H-pyrrole nitrogens is 1. The molecule has 1 aliphatic heterocycles. The molecule has 0 aromatic carbocycles. The maximum atomic E-state index is 4.79. The van der Waals surface area contributed by atoms with Crippen LogP contribution in [0.25, 0.3) is 33.3 Å². The van der Waals surface area contributed by atoms with Gasteiger partial charge in [-0.05, 0) is 36.0 Å². The molecular weight excluding hydrogens is 442 g/mol. The Balaban J connectivity index is 0.000000279. The predicted molar refractivity (Wildman–Crippen MR) is 123 cm³/mol. The molecule has 1 saturated carbocycles. The quantitative estimate of drug-likeness (QED) is 0.401. The topological polar surface area (TPSA) is 91.4 Å². The second-order valence-electron chi connectivity index (χ2n) is 7.66. The van der Waals surface area contributed by atoms with E-state index in [1.54, 1.807) is 6.20 Å². The first-order valence-corrected chi connectivity index (χ1v) is 11.5. The number of hydrogen-bond acceptors (Lipinski definition) is 6. The summed E-state index contributed by atoms with van der Waals surface area (Å²) in [4.78, 5) is 21.4. The van der Waals surface area contributed by atoms with Crippen LogP contribution in [0, 0.1) is 0 Å². The van der Waals surface area contributed by atoms with Gasteiger partial charge in [0.25, 0.3) is 0 Å². The molecule has 4 aromatic rings. The number of alkyl halides is 1. The van der Waals surface area contributed by atoms with E-state index in [0.717, 1.165) is 64.6 Å². The Morgan fingerprint density at radius 1 is 1.00 bits per heavy atom. The van der Waals surface area contributed by atoms with Gasteiger partial charge < -0.3 is 15.6 Å². The molecule has 0 amide bonds. The van der Waals surface area contributed by atoms with Gasteiger partial charge in [-0.1, -0.05) is 15.9 Å². The SMILES string of the molecule is BrCc1c[nH]c2nccc(-c3ncc4c(C5CC5)cncc4n3)c12.C1CNCCN1. The maximum absolute atomic E-state index is 4.79. The molecule has 3 N–H and O–H groups in total. The molecule has 2 aliphatic rings. The highest BCUT2D eigenvalue weighted by Crippen LogP contribution is 2.42. The van der Waals surface area contributed by atoms with Crippen LogP contribution in [0.4, 0.5) is 0 Å². The largest absolute Gasteiger partial charge is 0.346 e. The van der Waals surface area contributed by atoms with Crippen molar-refractivity contribution < 1.29 is 0 Å². The third kappa shape index (κ3) is 3.95. The van der Waals surface area contributed by atoms with Crippen LogP contribution in [0.15, 0.2) is 37.1 Å². The number of hydrogen-bond donors (Lipinski definition) is 3. The van der Waals surface area contributed by atoms with Crippen molar-refractivity contribution in [1.82, 2.24) is 35.6 Å². The number of nitrogens with zero attached hydrogens (tertiary/aromatic N) is 4. The molecular formula is C22H24BrN7. The molecule has 1 saturated heterocycles. The molecule has 2 fully saturated rings. The summed E-state index contributed by atoms with van der Waals surface area (Å²) in [6.07, 6.45) is 12.0. The number of nitrogens with one attached hydrogen (secondary N) is 3. The van der Waals surface area contributed by atoms with Crippen LogP contribution in [0.3, 0.4) is 0 Å². The van der Waals surface area contributed by atoms with Crippen molar-refractivity contribution in [3.63, 3.8) is 0 Å². The van der Waals surface area contributed by atoms with Gasteiger partial charge in [0.15, 0.2) is 5.82 Å². The molecule has 1 aliphatic carbocycles. The van der Waals surface area contributed by atoms with Crippen LogP contribution in [0.2, 0.25) is 0 Å². The number of rotatable bonds is 3. The summed E-state index contributed by atoms with van der Waals surface area (Å²) in [5, 5.41) is 9.39. The summed E-state index contributed by atoms with van der Waals surface area (Å²) >= 11 is 3.54. The number of fused-ring (bicyclic) bond motifs is 2. The Hall–Kier alpha value is -2.42. The third-order valence-corrected chi connectivity index (χ3v) is 6.16. The van der Waals surface area contributed by atoms with Crippen molar-refractivity contribution >= 4 is 37.9 Å².